The number of aryl methyl sites for hydroxylation is 1. The van der Waals surface area contributed by atoms with Gasteiger partial charge in [-0.1, -0.05) is 41.9 Å². The van der Waals surface area contributed by atoms with Crippen LogP contribution in [-0.4, -0.2) is 0 Å². The van der Waals surface area contributed by atoms with Crippen molar-refractivity contribution in [3.8, 4) is 0 Å². The number of halogens is 2. The monoisotopic (exact) mass is 306 g/mol. The number of alkyl halides is 1. The van der Waals surface area contributed by atoms with Crippen LogP contribution in [0.15, 0.2) is 47.8 Å². The minimum atomic E-state index is -0.158. The molecule has 1 aromatic heterocycles. The molecule has 0 N–H and O–H groups in total. The topological polar surface area (TPSA) is 0 Å². The highest BCUT2D eigenvalue weighted by Crippen LogP contribution is 2.38. The molecule has 0 fully saturated rings. The van der Waals surface area contributed by atoms with Gasteiger partial charge in [-0.3, -0.25) is 0 Å². The molecule has 0 nitrogen and oxygen atoms in total. The lowest BCUT2D eigenvalue weighted by Gasteiger charge is -2.10. The van der Waals surface area contributed by atoms with E-state index in [9.17, 15) is 0 Å². The molecule has 0 radical (unpaired) electrons. The van der Waals surface area contributed by atoms with Crippen molar-refractivity contribution < 1.29 is 0 Å². The fourth-order valence-electron chi connectivity index (χ4n) is 2.14. The lowest BCUT2D eigenvalue weighted by atomic mass is 10.0. The Hall–Kier alpha value is -1.02. The van der Waals surface area contributed by atoms with Gasteiger partial charge in [0, 0.05) is 9.72 Å². The number of hydrogen-bond acceptors (Lipinski definition) is 1. The Morgan fingerprint density at radius 2 is 1.89 bits per heavy atom. The quantitative estimate of drug-likeness (QED) is 0.495. The van der Waals surface area contributed by atoms with Crippen LogP contribution in [0.2, 0.25) is 5.02 Å². The summed E-state index contributed by atoms with van der Waals surface area (Å²) in [6, 6.07) is 14.4. The third-order valence-corrected chi connectivity index (χ3v) is 5.15. The van der Waals surface area contributed by atoms with Crippen molar-refractivity contribution in [1.29, 1.82) is 0 Å². The lowest BCUT2D eigenvalue weighted by molar-refractivity contribution is 1.16. The van der Waals surface area contributed by atoms with Crippen LogP contribution in [0.25, 0.3) is 10.1 Å². The van der Waals surface area contributed by atoms with Crippen molar-refractivity contribution in [2.75, 3.05) is 0 Å². The van der Waals surface area contributed by atoms with Crippen LogP contribution in [-0.2, 0) is 0 Å². The van der Waals surface area contributed by atoms with Crippen molar-refractivity contribution in [2.45, 2.75) is 12.3 Å². The number of hydrogen-bond donors (Lipinski definition) is 0. The van der Waals surface area contributed by atoms with Crippen molar-refractivity contribution in [2.24, 2.45) is 0 Å². The fraction of sp³-hybridized carbons (Fsp3) is 0.125. The van der Waals surface area contributed by atoms with Crippen molar-refractivity contribution >= 4 is 44.6 Å². The maximum absolute atomic E-state index is 6.62. The molecule has 2 aromatic carbocycles. The van der Waals surface area contributed by atoms with E-state index in [4.69, 9.17) is 23.2 Å². The summed E-state index contributed by atoms with van der Waals surface area (Å²) in [6.07, 6.45) is 0. The van der Waals surface area contributed by atoms with Crippen molar-refractivity contribution in [1.82, 2.24) is 0 Å². The zero-order valence-electron chi connectivity index (χ0n) is 10.4. The molecule has 3 heteroatoms. The van der Waals surface area contributed by atoms with Crippen LogP contribution in [0, 0.1) is 6.92 Å². The highest BCUT2D eigenvalue weighted by atomic mass is 35.5. The van der Waals surface area contributed by atoms with E-state index >= 15 is 0 Å². The van der Waals surface area contributed by atoms with E-state index in [1.807, 2.05) is 31.2 Å². The van der Waals surface area contributed by atoms with Crippen LogP contribution in [0.3, 0.4) is 0 Å². The Kier molecular flexibility index (Phi) is 3.53. The maximum atomic E-state index is 6.62. The summed E-state index contributed by atoms with van der Waals surface area (Å²) < 4.78 is 1.27. The van der Waals surface area contributed by atoms with Crippen molar-refractivity contribution in [3.63, 3.8) is 0 Å². The summed E-state index contributed by atoms with van der Waals surface area (Å²) in [5.74, 6) is 0. The molecule has 1 atom stereocenters. The Morgan fingerprint density at radius 1 is 1.11 bits per heavy atom. The minimum Gasteiger partial charge on any atom is -0.143 e. The van der Waals surface area contributed by atoms with E-state index in [0.29, 0.717) is 0 Å². The molecule has 1 heterocycles. The molecular formula is C16H12Cl2S. The Morgan fingerprint density at radius 3 is 2.68 bits per heavy atom. The van der Waals surface area contributed by atoms with Crippen LogP contribution < -0.4 is 0 Å². The third-order valence-electron chi connectivity index (χ3n) is 3.27. The molecule has 0 aliphatic heterocycles. The zero-order valence-corrected chi connectivity index (χ0v) is 12.7. The number of thiophene rings is 1. The first kappa shape index (κ1) is 13.0. The van der Waals surface area contributed by atoms with Gasteiger partial charge >= 0.3 is 0 Å². The Labute approximate surface area is 126 Å². The molecule has 0 bridgehead atoms. The van der Waals surface area contributed by atoms with Gasteiger partial charge in [0.2, 0.25) is 0 Å². The summed E-state index contributed by atoms with van der Waals surface area (Å²) in [6.45, 7) is 2.00. The van der Waals surface area contributed by atoms with Gasteiger partial charge in [-0.05, 0) is 46.5 Å². The normalized spacial score (nSPS) is 12.8. The van der Waals surface area contributed by atoms with Gasteiger partial charge in [-0.2, -0.15) is 0 Å². The molecular weight excluding hydrogens is 295 g/mol. The van der Waals surface area contributed by atoms with E-state index < -0.39 is 0 Å². The fourth-order valence-corrected chi connectivity index (χ4v) is 3.71. The smallest absolute Gasteiger partial charge is 0.0849 e. The van der Waals surface area contributed by atoms with Gasteiger partial charge in [0.15, 0.2) is 0 Å². The van der Waals surface area contributed by atoms with Gasteiger partial charge in [-0.25, -0.2) is 0 Å². The second-order valence-electron chi connectivity index (χ2n) is 4.56. The first-order valence-corrected chi connectivity index (χ1v) is 7.72. The predicted octanol–water partition coefficient (Wildman–Crippen LogP) is 6.19. The van der Waals surface area contributed by atoms with Gasteiger partial charge in [-0.15, -0.1) is 22.9 Å². The molecule has 3 aromatic rings. The van der Waals surface area contributed by atoms with Crippen LogP contribution in [0.5, 0.6) is 0 Å². The summed E-state index contributed by atoms with van der Waals surface area (Å²) in [7, 11) is 0. The first-order valence-electron chi connectivity index (χ1n) is 6.03. The van der Waals surface area contributed by atoms with Crippen molar-refractivity contribution in [3.05, 3.63) is 69.6 Å². The molecule has 0 amide bonds. The standard InChI is InChI=1S/C16H12Cl2S/c1-10-6-7-11(8-14(10)17)16(18)13-9-19-15-5-3-2-4-12(13)15/h2-9,16H,1H3. The molecule has 0 saturated heterocycles. The van der Waals surface area contributed by atoms with Gasteiger partial charge < -0.3 is 0 Å². The zero-order chi connectivity index (χ0) is 13.4. The molecule has 3 rings (SSSR count). The largest absolute Gasteiger partial charge is 0.143 e. The molecule has 0 aliphatic carbocycles. The van der Waals surface area contributed by atoms with E-state index in [1.54, 1.807) is 11.3 Å². The molecule has 0 aliphatic rings. The van der Waals surface area contributed by atoms with Gasteiger partial charge in [0.25, 0.3) is 0 Å². The second-order valence-corrected chi connectivity index (χ2v) is 6.31. The first-order chi connectivity index (χ1) is 9.16. The van der Waals surface area contributed by atoms with Crippen LogP contribution in [0.1, 0.15) is 22.1 Å². The second kappa shape index (κ2) is 5.16. The van der Waals surface area contributed by atoms with Gasteiger partial charge in [0.05, 0.1) is 5.38 Å². The van der Waals surface area contributed by atoms with E-state index in [1.165, 1.54) is 10.1 Å². The SMILES string of the molecule is Cc1ccc(C(Cl)c2csc3ccccc23)cc1Cl. The molecule has 0 saturated carbocycles. The summed E-state index contributed by atoms with van der Waals surface area (Å²) >= 11 is 14.5. The summed E-state index contributed by atoms with van der Waals surface area (Å²) in [5.41, 5.74) is 3.27. The average Bonchev–Trinajstić information content (AvgIpc) is 2.85. The molecule has 96 valence electrons. The average molecular weight is 307 g/mol. The highest BCUT2D eigenvalue weighted by Gasteiger charge is 2.15. The maximum Gasteiger partial charge on any atom is 0.0849 e. The van der Waals surface area contributed by atoms with E-state index in [2.05, 4.69) is 23.6 Å². The number of rotatable bonds is 2. The Bertz CT molecular complexity index is 730. The third kappa shape index (κ3) is 2.38. The van der Waals surface area contributed by atoms with Crippen LogP contribution in [0.4, 0.5) is 0 Å². The molecule has 1 unspecified atom stereocenters. The molecule has 19 heavy (non-hydrogen) atoms. The number of fused-ring (bicyclic) bond motifs is 1. The van der Waals surface area contributed by atoms with E-state index in [0.717, 1.165) is 21.7 Å². The lowest BCUT2D eigenvalue weighted by Crippen LogP contribution is -1.92. The Balaban J connectivity index is 2.08. The highest BCUT2D eigenvalue weighted by molar-refractivity contribution is 7.17. The predicted molar refractivity (Wildman–Crippen MR) is 85.7 cm³/mol. The van der Waals surface area contributed by atoms with Crippen LogP contribution >= 0.6 is 34.5 Å². The van der Waals surface area contributed by atoms with Gasteiger partial charge in [0.1, 0.15) is 0 Å². The summed E-state index contributed by atoms with van der Waals surface area (Å²) in [4.78, 5) is 0. The summed E-state index contributed by atoms with van der Waals surface area (Å²) in [5, 5.41) is 3.97. The minimum absolute atomic E-state index is 0.158. The number of benzene rings is 2. The van der Waals surface area contributed by atoms with E-state index in [-0.39, 0.29) is 5.38 Å². The molecule has 0 spiro atoms.